The highest BCUT2D eigenvalue weighted by Crippen LogP contribution is 2.54. The van der Waals surface area contributed by atoms with Gasteiger partial charge >= 0.3 is 0 Å². The summed E-state index contributed by atoms with van der Waals surface area (Å²) < 4.78 is 0. The third-order valence-electron chi connectivity index (χ3n) is 7.39. The van der Waals surface area contributed by atoms with Crippen molar-refractivity contribution in [3.63, 3.8) is 0 Å². The van der Waals surface area contributed by atoms with Crippen molar-refractivity contribution in [2.75, 3.05) is 0 Å². The molecule has 5 nitrogen and oxygen atoms in total. The van der Waals surface area contributed by atoms with E-state index in [1.54, 1.807) is 0 Å². The average Bonchev–Trinajstić information content (AvgIpc) is 3.41. The minimum atomic E-state index is 0.250. The van der Waals surface area contributed by atoms with Gasteiger partial charge in [0, 0.05) is 40.2 Å². The Balaban J connectivity index is 1.29. The first-order chi connectivity index (χ1) is 13.8. The predicted molar refractivity (Wildman–Crippen MR) is 111 cm³/mol. The highest BCUT2D eigenvalue weighted by Gasteiger charge is 2.50. The predicted octanol–water partition coefficient (Wildman–Crippen LogP) is 4.57. The van der Waals surface area contributed by atoms with Crippen LogP contribution in [0.4, 0.5) is 0 Å². The van der Waals surface area contributed by atoms with E-state index in [1.807, 2.05) is 12.4 Å². The van der Waals surface area contributed by atoms with E-state index in [4.69, 9.17) is 0 Å². The van der Waals surface area contributed by atoms with Crippen LogP contribution in [0.1, 0.15) is 49.8 Å². The number of aromatic nitrogens is 4. The van der Waals surface area contributed by atoms with Crippen molar-refractivity contribution in [2.45, 2.75) is 56.0 Å². The summed E-state index contributed by atoms with van der Waals surface area (Å²) in [6.45, 7) is 0.971. The van der Waals surface area contributed by atoms with E-state index in [9.17, 15) is 0 Å². The Bertz CT molecular complexity index is 1120. The van der Waals surface area contributed by atoms with E-state index in [-0.39, 0.29) is 5.41 Å². The molecule has 0 spiro atoms. The molecule has 3 aliphatic rings. The normalized spacial score (nSPS) is 27.0. The molecule has 0 saturated heterocycles. The Morgan fingerprint density at radius 2 is 1.68 bits per heavy atom. The maximum atomic E-state index is 4.48. The topological polar surface area (TPSA) is 69.4 Å². The van der Waals surface area contributed by atoms with Crippen molar-refractivity contribution >= 4 is 21.9 Å². The van der Waals surface area contributed by atoms with Crippen molar-refractivity contribution in [1.29, 1.82) is 0 Å². The second-order valence-electron chi connectivity index (χ2n) is 8.75. The molecule has 0 amide bonds. The summed E-state index contributed by atoms with van der Waals surface area (Å²) in [4.78, 5) is 8.89. The molecule has 0 atom stereocenters. The molecule has 5 heteroatoms. The standard InChI is InChI=1S/C23H25N5/c1-2-4-16(5-3-1)14-26-23-10-7-22(8-11-23,9-12-23)20-19-17-6-13-24-21(17)25-15-18(19)27-28-20/h1-6,13,15,26-28H,7-12,14H2. The van der Waals surface area contributed by atoms with Crippen LogP contribution in [0.25, 0.3) is 21.9 Å². The molecule has 1 aromatic carbocycles. The third-order valence-corrected chi connectivity index (χ3v) is 7.39. The molecule has 0 radical (unpaired) electrons. The Labute approximate surface area is 164 Å². The van der Waals surface area contributed by atoms with Gasteiger partial charge in [-0.2, -0.15) is 0 Å². The van der Waals surface area contributed by atoms with E-state index in [0.717, 1.165) is 17.7 Å². The molecule has 3 N–H and O–H groups in total. The lowest BCUT2D eigenvalue weighted by Crippen LogP contribution is -2.56. The molecule has 3 fully saturated rings. The number of aromatic amines is 2. The number of nitrogens with one attached hydrogen (secondary N) is 3. The number of pyridine rings is 1. The zero-order chi connectivity index (χ0) is 18.6. The van der Waals surface area contributed by atoms with Gasteiger partial charge in [-0.1, -0.05) is 30.3 Å². The maximum Gasteiger partial charge on any atom is 0.159 e. The maximum absolute atomic E-state index is 4.48. The number of nitrogens with zero attached hydrogens (tertiary/aromatic N) is 2. The third kappa shape index (κ3) is 2.35. The number of benzene rings is 1. The smallest absolute Gasteiger partial charge is 0.159 e. The molecule has 4 aromatic rings. The Hall–Kier alpha value is -2.66. The van der Waals surface area contributed by atoms with Crippen molar-refractivity contribution in [3.8, 4) is 0 Å². The number of rotatable bonds is 4. The fraction of sp³-hybridized carbons (Fsp3) is 0.391. The van der Waals surface area contributed by atoms with Crippen LogP contribution in [0.5, 0.6) is 0 Å². The van der Waals surface area contributed by atoms with Crippen LogP contribution >= 0.6 is 0 Å². The zero-order valence-electron chi connectivity index (χ0n) is 16.0. The van der Waals surface area contributed by atoms with Crippen molar-refractivity contribution < 1.29 is 0 Å². The lowest BCUT2D eigenvalue weighted by Gasteiger charge is -2.53. The lowest BCUT2D eigenvalue weighted by atomic mass is 9.55. The van der Waals surface area contributed by atoms with Gasteiger partial charge in [0.25, 0.3) is 0 Å². The molecule has 3 aliphatic carbocycles. The first-order valence-electron chi connectivity index (χ1n) is 10.4. The molecule has 3 heterocycles. The number of hydrogen-bond donors (Lipinski definition) is 3. The largest absolute Gasteiger partial charge is 0.307 e. The summed E-state index contributed by atoms with van der Waals surface area (Å²) in [6.07, 6.45) is 11.2. The number of fused-ring (bicyclic) bond motifs is 6. The van der Waals surface area contributed by atoms with Crippen LogP contribution < -0.4 is 5.32 Å². The van der Waals surface area contributed by atoms with Gasteiger partial charge in [0.05, 0.1) is 11.7 Å². The SMILES string of the molecule is c1ccc(CNC23CCC(c4[nH][nH]c5cnc6nccc6c45)(CC2)CC3)cc1. The van der Waals surface area contributed by atoms with Crippen LogP contribution in [-0.2, 0) is 12.0 Å². The van der Waals surface area contributed by atoms with Gasteiger partial charge in [-0.05, 0) is 50.2 Å². The molecule has 7 rings (SSSR count). The fourth-order valence-corrected chi connectivity index (χ4v) is 5.63. The molecule has 3 saturated carbocycles. The van der Waals surface area contributed by atoms with Gasteiger partial charge in [-0.15, -0.1) is 0 Å². The minimum absolute atomic E-state index is 0.250. The van der Waals surface area contributed by atoms with Crippen molar-refractivity contribution in [3.05, 3.63) is 60.0 Å². The van der Waals surface area contributed by atoms with Gasteiger partial charge in [0.1, 0.15) is 0 Å². The Kier molecular flexibility index (Phi) is 3.45. The minimum Gasteiger partial charge on any atom is -0.307 e. The van der Waals surface area contributed by atoms with Crippen molar-refractivity contribution in [2.24, 2.45) is 0 Å². The van der Waals surface area contributed by atoms with E-state index >= 15 is 0 Å². The molecule has 28 heavy (non-hydrogen) atoms. The summed E-state index contributed by atoms with van der Waals surface area (Å²) in [5.41, 5.74) is 5.25. The second kappa shape index (κ2) is 5.92. The Morgan fingerprint density at radius 1 is 0.893 bits per heavy atom. The molecule has 0 aliphatic heterocycles. The van der Waals surface area contributed by atoms with E-state index < -0.39 is 0 Å². The zero-order valence-corrected chi connectivity index (χ0v) is 16.0. The van der Waals surface area contributed by atoms with Gasteiger partial charge in [0.2, 0.25) is 0 Å². The summed E-state index contributed by atoms with van der Waals surface area (Å²) in [7, 11) is 0. The average molecular weight is 371 g/mol. The molecule has 3 aromatic heterocycles. The van der Waals surface area contributed by atoms with Crippen LogP contribution in [0, 0.1) is 0 Å². The van der Waals surface area contributed by atoms with Crippen LogP contribution in [-0.4, -0.2) is 25.7 Å². The van der Waals surface area contributed by atoms with Crippen LogP contribution in [0.3, 0.4) is 0 Å². The molecule has 2 bridgehead atoms. The highest BCUT2D eigenvalue weighted by molar-refractivity contribution is 6.05. The van der Waals surface area contributed by atoms with E-state index in [1.165, 1.54) is 60.6 Å². The molecule has 142 valence electrons. The fourth-order valence-electron chi connectivity index (χ4n) is 5.63. The monoisotopic (exact) mass is 371 g/mol. The Morgan fingerprint density at radius 3 is 2.46 bits per heavy atom. The first-order valence-corrected chi connectivity index (χ1v) is 10.4. The van der Waals surface area contributed by atoms with E-state index in [0.29, 0.717) is 5.54 Å². The summed E-state index contributed by atoms with van der Waals surface area (Å²) in [5.74, 6) is 0. The quantitative estimate of drug-likeness (QED) is 0.492. The second-order valence-corrected chi connectivity index (χ2v) is 8.75. The van der Waals surface area contributed by atoms with Gasteiger partial charge < -0.3 is 10.4 Å². The summed E-state index contributed by atoms with van der Waals surface area (Å²) in [6, 6.07) is 12.9. The molecule has 0 unspecified atom stereocenters. The van der Waals surface area contributed by atoms with Gasteiger partial charge in [-0.25, -0.2) is 9.97 Å². The highest BCUT2D eigenvalue weighted by atomic mass is 15.1. The first kappa shape index (κ1) is 16.3. The number of hydrogen-bond acceptors (Lipinski definition) is 3. The lowest BCUT2D eigenvalue weighted by molar-refractivity contribution is 0.0741. The number of H-pyrrole nitrogens is 2. The molecular formula is C23H25N5. The van der Waals surface area contributed by atoms with Crippen LogP contribution in [0.2, 0.25) is 0 Å². The van der Waals surface area contributed by atoms with Gasteiger partial charge in [0.15, 0.2) is 5.65 Å². The van der Waals surface area contributed by atoms with E-state index in [2.05, 4.69) is 61.9 Å². The van der Waals surface area contributed by atoms with Crippen LogP contribution in [0.15, 0.2) is 48.8 Å². The van der Waals surface area contributed by atoms with Crippen molar-refractivity contribution in [1.82, 2.24) is 25.5 Å². The van der Waals surface area contributed by atoms with Gasteiger partial charge in [-0.3, -0.25) is 5.10 Å². The summed E-state index contributed by atoms with van der Waals surface area (Å²) in [5, 5.41) is 13.3. The summed E-state index contributed by atoms with van der Waals surface area (Å²) >= 11 is 0. The molecular weight excluding hydrogens is 346 g/mol.